The minimum Gasteiger partial charge on any atom is -0.622 e. The van der Waals surface area contributed by atoms with E-state index in [1.54, 1.807) is 36.7 Å². The molecule has 0 fully saturated rings. The van der Waals surface area contributed by atoms with Crippen LogP contribution in [0.2, 0.25) is 10.0 Å². The lowest BCUT2D eigenvalue weighted by Crippen LogP contribution is -3.07. The van der Waals surface area contributed by atoms with E-state index in [9.17, 15) is 14.8 Å². The zero-order valence-electron chi connectivity index (χ0n) is 21.2. The van der Waals surface area contributed by atoms with Gasteiger partial charge in [-0.15, -0.1) is 0 Å². The summed E-state index contributed by atoms with van der Waals surface area (Å²) in [6.07, 6.45) is 7.84. The molecule has 4 rings (SSSR count). The lowest BCUT2D eigenvalue weighted by molar-refractivity contribution is -0.705. The highest BCUT2D eigenvalue weighted by molar-refractivity contribution is 6.39. The van der Waals surface area contributed by atoms with E-state index in [0.29, 0.717) is 5.95 Å². The van der Waals surface area contributed by atoms with Gasteiger partial charge in [0.2, 0.25) is 5.95 Å². The lowest BCUT2D eigenvalue weighted by atomic mass is 10.1. The van der Waals surface area contributed by atoms with Crippen molar-refractivity contribution in [2.45, 2.75) is 12.5 Å². The summed E-state index contributed by atoms with van der Waals surface area (Å²) >= 11 is 12.3. The molecule has 2 atom stereocenters. The molecule has 0 radical (unpaired) electrons. The standard InChI is InChI=1S/C30H25Cl2N5O3/c1-2-36(40)29(39)26(35-28(38)27-24(31)12-7-13-25(27)32)14-6-9-21-15-17-23(18-16-21)37(22-10-4-3-5-11-22)30-33-19-8-20-34-30/h2-13,15-20,26,36H,1,14H2,(H,35,38)/b9-6+. The SMILES string of the molecule is C=C[NH+]([O-])C(=O)C(C/C=C/c1ccc(N(c2ccccc2)c2ncccn2)cc1)NC(=O)c1c(Cl)cccc1Cl. The first kappa shape index (κ1) is 28.7. The van der Waals surface area contributed by atoms with Crippen molar-refractivity contribution in [3.8, 4) is 0 Å². The molecule has 8 nitrogen and oxygen atoms in total. The van der Waals surface area contributed by atoms with Crippen molar-refractivity contribution in [1.82, 2.24) is 15.3 Å². The van der Waals surface area contributed by atoms with Gasteiger partial charge in [-0.3, -0.25) is 14.8 Å². The fraction of sp³-hybridized carbons (Fsp3) is 0.0667. The number of hydroxylamine groups is 2. The van der Waals surface area contributed by atoms with Crippen molar-refractivity contribution in [2.24, 2.45) is 0 Å². The van der Waals surface area contributed by atoms with E-state index in [2.05, 4.69) is 21.9 Å². The predicted molar refractivity (Wildman–Crippen MR) is 158 cm³/mol. The second kappa shape index (κ2) is 13.6. The fourth-order valence-corrected chi connectivity index (χ4v) is 4.46. The molecule has 1 aromatic heterocycles. The molecule has 202 valence electrons. The number of aromatic nitrogens is 2. The summed E-state index contributed by atoms with van der Waals surface area (Å²) in [4.78, 5) is 36.3. The average Bonchev–Trinajstić information content (AvgIpc) is 2.98. The van der Waals surface area contributed by atoms with E-state index >= 15 is 0 Å². The molecule has 0 aliphatic heterocycles. The molecule has 2 N–H and O–H groups in total. The maximum Gasteiger partial charge on any atom is 0.339 e. The molecular weight excluding hydrogens is 549 g/mol. The van der Waals surface area contributed by atoms with Crippen LogP contribution in [0.5, 0.6) is 0 Å². The van der Waals surface area contributed by atoms with E-state index in [4.69, 9.17) is 23.2 Å². The van der Waals surface area contributed by atoms with Gasteiger partial charge in [-0.1, -0.05) is 71.8 Å². The molecule has 2 unspecified atom stereocenters. The third kappa shape index (κ3) is 6.99. The molecule has 0 bridgehead atoms. The Morgan fingerprint density at radius 3 is 2.17 bits per heavy atom. The molecule has 40 heavy (non-hydrogen) atoms. The summed E-state index contributed by atoms with van der Waals surface area (Å²) in [7, 11) is 0. The van der Waals surface area contributed by atoms with Crippen molar-refractivity contribution in [2.75, 3.05) is 4.90 Å². The quantitative estimate of drug-likeness (QED) is 0.242. The monoisotopic (exact) mass is 573 g/mol. The zero-order chi connectivity index (χ0) is 28.5. The second-order valence-electron chi connectivity index (χ2n) is 8.50. The number of hydrogen-bond acceptors (Lipinski definition) is 6. The van der Waals surface area contributed by atoms with Gasteiger partial charge in [0.15, 0.2) is 0 Å². The number of rotatable bonds is 10. The van der Waals surface area contributed by atoms with Crippen LogP contribution in [0.3, 0.4) is 0 Å². The largest absolute Gasteiger partial charge is 0.622 e. The van der Waals surface area contributed by atoms with Crippen LogP contribution in [-0.4, -0.2) is 27.8 Å². The Bertz CT molecular complexity index is 1440. The number of nitrogens with one attached hydrogen (secondary N) is 2. The number of benzene rings is 3. The molecule has 0 aliphatic carbocycles. The highest BCUT2D eigenvalue weighted by Crippen LogP contribution is 2.31. The smallest absolute Gasteiger partial charge is 0.339 e. The summed E-state index contributed by atoms with van der Waals surface area (Å²) in [6.45, 7) is 3.37. The van der Waals surface area contributed by atoms with Crippen molar-refractivity contribution in [3.63, 3.8) is 0 Å². The second-order valence-corrected chi connectivity index (χ2v) is 9.32. The minimum absolute atomic E-state index is 0.0274. The van der Waals surface area contributed by atoms with E-state index in [1.807, 2.05) is 59.5 Å². The van der Waals surface area contributed by atoms with Crippen LogP contribution >= 0.6 is 23.2 Å². The van der Waals surface area contributed by atoms with Crippen molar-refractivity contribution in [3.05, 3.63) is 136 Å². The normalized spacial score (nSPS) is 12.5. The molecule has 1 heterocycles. The average molecular weight is 574 g/mol. The van der Waals surface area contributed by atoms with Gasteiger partial charge in [0.25, 0.3) is 5.91 Å². The van der Waals surface area contributed by atoms with Gasteiger partial charge in [0.1, 0.15) is 6.04 Å². The number of halogens is 2. The number of anilines is 3. The van der Waals surface area contributed by atoms with Gasteiger partial charge in [-0.25, -0.2) is 14.8 Å². The van der Waals surface area contributed by atoms with Crippen LogP contribution in [0.25, 0.3) is 6.08 Å². The van der Waals surface area contributed by atoms with E-state index in [1.165, 1.54) is 12.1 Å². The van der Waals surface area contributed by atoms with E-state index < -0.39 is 22.9 Å². The van der Waals surface area contributed by atoms with Gasteiger partial charge in [0, 0.05) is 23.8 Å². The molecule has 0 aliphatic rings. The summed E-state index contributed by atoms with van der Waals surface area (Å²) in [5, 5.41) is 14.1. The number of hydrogen-bond donors (Lipinski definition) is 2. The molecule has 3 aromatic carbocycles. The van der Waals surface area contributed by atoms with Crippen molar-refractivity contribution in [1.29, 1.82) is 0 Å². The number of amides is 2. The van der Waals surface area contributed by atoms with Crippen LogP contribution in [0.4, 0.5) is 17.3 Å². The van der Waals surface area contributed by atoms with E-state index in [-0.39, 0.29) is 22.0 Å². The highest BCUT2D eigenvalue weighted by atomic mass is 35.5. The van der Waals surface area contributed by atoms with Crippen LogP contribution in [-0.2, 0) is 4.79 Å². The summed E-state index contributed by atoms with van der Waals surface area (Å²) < 4.78 is 0. The molecule has 0 spiro atoms. The van der Waals surface area contributed by atoms with Crippen LogP contribution in [0.1, 0.15) is 22.3 Å². The van der Waals surface area contributed by atoms with Crippen LogP contribution in [0, 0.1) is 5.21 Å². The predicted octanol–water partition coefficient (Wildman–Crippen LogP) is 5.51. The summed E-state index contributed by atoms with van der Waals surface area (Å²) in [5.41, 5.74) is 2.62. The fourth-order valence-electron chi connectivity index (χ4n) is 3.89. The first-order chi connectivity index (χ1) is 19.4. The Labute approximate surface area is 241 Å². The Hall–Kier alpha value is -4.34. The number of quaternary nitrogens is 1. The molecular formula is C30H25Cl2N5O3. The first-order valence-corrected chi connectivity index (χ1v) is 13.0. The summed E-state index contributed by atoms with van der Waals surface area (Å²) in [5.74, 6) is -0.930. The van der Waals surface area contributed by atoms with Crippen LogP contribution in [0.15, 0.2) is 110 Å². The van der Waals surface area contributed by atoms with Crippen molar-refractivity contribution >= 4 is 58.4 Å². The lowest BCUT2D eigenvalue weighted by Gasteiger charge is -2.23. The first-order valence-electron chi connectivity index (χ1n) is 12.2. The van der Waals surface area contributed by atoms with Gasteiger partial charge in [-0.2, -0.15) is 0 Å². The van der Waals surface area contributed by atoms with E-state index in [0.717, 1.165) is 23.1 Å². The van der Waals surface area contributed by atoms with Gasteiger partial charge >= 0.3 is 5.91 Å². The Morgan fingerprint density at radius 2 is 1.55 bits per heavy atom. The Morgan fingerprint density at radius 1 is 0.925 bits per heavy atom. The molecule has 4 aromatic rings. The van der Waals surface area contributed by atoms with Gasteiger partial charge < -0.3 is 10.5 Å². The molecule has 0 saturated carbocycles. The maximum absolute atomic E-state index is 12.9. The molecule has 0 saturated heterocycles. The van der Waals surface area contributed by atoms with Gasteiger partial charge in [0.05, 0.1) is 21.8 Å². The molecule has 10 heteroatoms. The topological polar surface area (TPSA) is 103 Å². The third-order valence-corrected chi connectivity index (χ3v) is 6.47. The zero-order valence-corrected chi connectivity index (χ0v) is 22.7. The Kier molecular flexibility index (Phi) is 9.77. The van der Waals surface area contributed by atoms with Crippen LogP contribution < -0.4 is 15.3 Å². The maximum atomic E-state index is 12.9. The Balaban J connectivity index is 1.52. The summed E-state index contributed by atoms with van der Waals surface area (Å²) in [6, 6.07) is 22.7. The van der Waals surface area contributed by atoms with Crippen molar-refractivity contribution < 1.29 is 14.7 Å². The number of nitrogens with zero attached hydrogens (tertiary/aromatic N) is 3. The van der Waals surface area contributed by atoms with Gasteiger partial charge in [-0.05, 0) is 61.0 Å². The third-order valence-electron chi connectivity index (χ3n) is 5.84. The number of para-hydroxylation sites is 1. The minimum atomic E-state index is -1.13. The highest BCUT2D eigenvalue weighted by Gasteiger charge is 2.27. The molecule has 2 amide bonds. The number of carbonyl (C=O) groups is 2. The number of carbonyl (C=O) groups excluding carboxylic acids is 2.